The number of amides is 1. The summed E-state index contributed by atoms with van der Waals surface area (Å²) in [6.07, 6.45) is -1.68. The highest BCUT2D eigenvalue weighted by molar-refractivity contribution is 7.81. The Morgan fingerprint density at radius 1 is 1.67 bits per heavy atom. The lowest BCUT2D eigenvalue weighted by molar-refractivity contribution is 0.203. The summed E-state index contributed by atoms with van der Waals surface area (Å²) in [5, 5.41) is 2.02. The first-order valence-electron chi connectivity index (χ1n) is 1.54. The van der Waals surface area contributed by atoms with Gasteiger partial charge in [0, 0.05) is 0 Å². The highest BCUT2D eigenvalue weighted by atomic mass is 32.3. The van der Waals surface area contributed by atoms with Gasteiger partial charge in [-0.25, -0.2) is 4.79 Å². The number of hydrogen-bond donors (Lipinski definition) is 2. The predicted molar refractivity (Wildman–Crippen MR) is 23.2 cm³/mol. The molecule has 1 amide bonds. The van der Waals surface area contributed by atoms with Gasteiger partial charge in [-0.3, -0.25) is 4.55 Å². The van der Waals surface area contributed by atoms with Gasteiger partial charge < -0.3 is 4.18 Å². The van der Waals surface area contributed by atoms with Crippen LogP contribution in [0.4, 0.5) is 4.79 Å². The topological polar surface area (TPSA) is 117 Å². The Kier molecular flexibility index (Phi) is 2.22. The van der Waals surface area contributed by atoms with E-state index in [0.717, 1.165) is 0 Å². The molecule has 0 aliphatic carbocycles. The highest BCUT2D eigenvalue weighted by Crippen LogP contribution is 1.88. The van der Waals surface area contributed by atoms with Crippen LogP contribution < -0.4 is 0 Å². The Morgan fingerprint density at radius 3 is 2.22 bits per heavy atom. The summed E-state index contributed by atoms with van der Waals surface area (Å²) in [7, 11) is -4.80. The van der Waals surface area contributed by atoms with Gasteiger partial charge in [-0.2, -0.15) is 13.9 Å². The van der Waals surface area contributed by atoms with E-state index in [2.05, 4.69) is 4.18 Å². The van der Waals surface area contributed by atoms with Crippen LogP contribution in [0, 0.1) is 5.53 Å². The molecular formula is CH2N2O5S. The van der Waals surface area contributed by atoms with E-state index in [4.69, 9.17) is 10.1 Å². The van der Waals surface area contributed by atoms with E-state index in [0.29, 0.717) is 0 Å². The normalized spacial score (nSPS) is 10.3. The number of carbonyl (C=O) groups excluding carboxylic acids is 1. The number of hydrogen-bond acceptors (Lipinski definition) is 5. The van der Waals surface area contributed by atoms with Crippen LogP contribution in [0.3, 0.4) is 0 Å². The van der Waals surface area contributed by atoms with Crippen LogP contribution in [0.5, 0.6) is 0 Å². The van der Waals surface area contributed by atoms with Crippen molar-refractivity contribution in [2.45, 2.75) is 0 Å². The van der Waals surface area contributed by atoms with Gasteiger partial charge in [0.05, 0.1) is 0 Å². The first-order chi connectivity index (χ1) is 3.95. The lowest BCUT2D eigenvalue weighted by Gasteiger charge is -1.89. The largest absolute Gasteiger partial charge is 0.469 e. The number of carbonyl (C=O) groups is 1. The zero-order valence-electron chi connectivity index (χ0n) is 3.94. The molecule has 0 rings (SSSR count). The molecule has 0 fully saturated rings. The molecule has 0 aromatic rings. The number of nitrogens with zero attached hydrogens (tertiary/aromatic N) is 1. The molecule has 7 nitrogen and oxygen atoms in total. The molecule has 52 valence electrons. The third kappa shape index (κ3) is 4.84. The molecule has 8 heteroatoms. The lowest BCUT2D eigenvalue weighted by Crippen LogP contribution is -2.06. The minimum Gasteiger partial charge on any atom is -0.304 e. The van der Waals surface area contributed by atoms with Crippen molar-refractivity contribution in [2.75, 3.05) is 0 Å². The lowest BCUT2D eigenvalue weighted by atomic mass is 11.3. The SMILES string of the molecule is N=NC(=O)OS(=O)(=O)O. The van der Waals surface area contributed by atoms with E-state index >= 15 is 0 Å². The van der Waals surface area contributed by atoms with E-state index in [1.807, 2.05) is 5.11 Å². The maximum absolute atomic E-state index is 9.71. The Morgan fingerprint density at radius 2 is 2.11 bits per heavy atom. The third-order valence-electron chi connectivity index (χ3n) is 0.268. The minimum atomic E-state index is -4.80. The van der Waals surface area contributed by atoms with Crippen LogP contribution in [0.15, 0.2) is 5.11 Å². The summed E-state index contributed by atoms with van der Waals surface area (Å²) in [5.41, 5.74) is 5.86. The van der Waals surface area contributed by atoms with Crippen molar-refractivity contribution >= 4 is 16.5 Å². The molecule has 0 saturated heterocycles. The van der Waals surface area contributed by atoms with Crippen molar-refractivity contribution in [3.8, 4) is 0 Å². The zero-order chi connectivity index (χ0) is 7.49. The van der Waals surface area contributed by atoms with E-state index in [1.165, 1.54) is 0 Å². The molecule has 0 aromatic carbocycles. The summed E-state index contributed by atoms with van der Waals surface area (Å²) >= 11 is 0. The second kappa shape index (κ2) is 2.51. The minimum absolute atomic E-state index is 1.68. The second-order valence-electron chi connectivity index (χ2n) is 0.889. The molecule has 2 N–H and O–H groups in total. The van der Waals surface area contributed by atoms with Gasteiger partial charge in [0.2, 0.25) is 0 Å². The van der Waals surface area contributed by atoms with Crippen molar-refractivity contribution in [2.24, 2.45) is 5.11 Å². The predicted octanol–water partition coefficient (Wildman–Crippen LogP) is -0.0432. The zero-order valence-corrected chi connectivity index (χ0v) is 4.75. The van der Waals surface area contributed by atoms with Gasteiger partial charge in [0.15, 0.2) is 0 Å². The first-order valence-corrected chi connectivity index (χ1v) is 2.90. The van der Waals surface area contributed by atoms with Crippen molar-refractivity contribution in [3.63, 3.8) is 0 Å². The van der Waals surface area contributed by atoms with Crippen LogP contribution in [0.1, 0.15) is 0 Å². The molecule has 0 spiro atoms. The standard InChI is InChI=1S/CH2N2O5S/c2-3-1(4)8-9(5,6)7/h2H,(H,5,6,7). The van der Waals surface area contributed by atoms with E-state index in [9.17, 15) is 13.2 Å². The van der Waals surface area contributed by atoms with Gasteiger partial charge in [-0.05, 0) is 0 Å². The molecular weight excluding hydrogens is 152 g/mol. The van der Waals surface area contributed by atoms with Crippen molar-refractivity contribution in [1.82, 2.24) is 0 Å². The van der Waals surface area contributed by atoms with E-state index in [-0.39, 0.29) is 0 Å². The molecule has 9 heavy (non-hydrogen) atoms. The van der Waals surface area contributed by atoms with Gasteiger partial charge >= 0.3 is 16.5 Å². The third-order valence-corrected chi connectivity index (χ3v) is 0.621. The molecule has 0 aliphatic heterocycles. The van der Waals surface area contributed by atoms with Crippen LogP contribution in [-0.2, 0) is 14.6 Å². The van der Waals surface area contributed by atoms with Crippen LogP contribution in [-0.4, -0.2) is 19.1 Å². The number of nitrogens with one attached hydrogen (secondary N) is 1. The second-order valence-corrected chi connectivity index (χ2v) is 1.91. The average molecular weight is 154 g/mol. The molecule has 0 bridgehead atoms. The summed E-state index contributed by atoms with van der Waals surface area (Å²) in [5.74, 6) is 0. The van der Waals surface area contributed by atoms with Gasteiger partial charge in [-0.15, -0.1) is 0 Å². The summed E-state index contributed by atoms with van der Waals surface area (Å²) in [6, 6.07) is 0. The fraction of sp³-hybridized carbons (Fsp3) is 0. The fourth-order valence-electron chi connectivity index (χ4n) is 0.109. The van der Waals surface area contributed by atoms with E-state index < -0.39 is 16.5 Å². The van der Waals surface area contributed by atoms with Crippen LogP contribution >= 0.6 is 0 Å². The summed E-state index contributed by atoms with van der Waals surface area (Å²) in [4.78, 5) is 9.71. The Bertz CT molecular complexity index is 215. The van der Waals surface area contributed by atoms with Crippen molar-refractivity contribution in [1.29, 1.82) is 5.53 Å². The maximum Gasteiger partial charge on any atom is 0.469 e. The Balaban J connectivity index is 4.06. The molecule has 0 aliphatic rings. The summed E-state index contributed by atoms with van der Waals surface area (Å²) in [6.45, 7) is 0. The smallest absolute Gasteiger partial charge is 0.304 e. The Hall–Kier alpha value is -1.02. The van der Waals surface area contributed by atoms with Crippen LogP contribution in [0.25, 0.3) is 0 Å². The first kappa shape index (κ1) is 7.98. The van der Waals surface area contributed by atoms with Gasteiger partial charge in [0.25, 0.3) is 0 Å². The molecule has 0 unspecified atom stereocenters. The molecule has 0 radical (unpaired) electrons. The van der Waals surface area contributed by atoms with Gasteiger partial charge in [-0.1, -0.05) is 5.11 Å². The van der Waals surface area contributed by atoms with Crippen molar-refractivity contribution < 1.29 is 21.9 Å². The fourth-order valence-corrected chi connectivity index (χ4v) is 0.326. The average Bonchev–Trinajstić information content (AvgIpc) is 1.62. The highest BCUT2D eigenvalue weighted by Gasteiger charge is 2.10. The number of rotatable bonds is 1. The molecule has 0 saturated carbocycles. The monoisotopic (exact) mass is 154 g/mol. The van der Waals surface area contributed by atoms with E-state index in [1.54, 1.807) is 0 Å². The molecule has 0 aromatic heterocycles. The summed E-state index contributed by atoms with van der Waals surface area (Å²) < 4.78 is 30.0. The van der Waals surface area contributed by atoms with Crippen molar-refractivity contribution in [3.05, 3.63) is 0 Å². The molecule has 0 atom stereocenters. The quantitative estimate of drug-likeness (QED) is 0.405. The molecule has 0 heterocycles. The maximum atomic E-state index is 9.71. The van der Waals surface area contributed by atoms with Gasteiger partial charge in [0.1, 0.15) is 0 Å². The van der Waals surface area contributed by atoms with Crippen LogP contribution in [0.2, 0.25) is 0 Å². The Labute approximate surface area is 50.1 Å².